The largest absolute Gasteiger partial charge is 0.494 e. The lowest BCUT2D eigenvalue weighted by Gasteiger charge is -2.31. The van der Waals surface area contributed by atoms with Crippen molar-refractivity contribution in [1.82, 2.24) is 0 Å². The fourth-order valence-corrected chi connectivity index (χ4v) is 5.24. The second-order valence-electron chi connectivity index (χ2n) is 5.85. The van der Waals surface area contributed by atoms with Crippen molar-refractivity contribution in [2.75, 3.05) is 28.4 Å². The molecule has 1 aliphatic rings. The standard InChI is InChI=1S/C19H17Br3O6/c1-24-11-5-8(6-12(25-2)19(11)27-4)16-13(21)15(23)9-7-10(20)18(26-3)14(22)17(9)28-16/h5-7,13,16H,1-4H3. The Bertz CT molecular complexity index is 905. The van der Waals surface area contributed by atoms with Gasteiger partial charge in [-0.15, -0.1) is 0 Å². The minimum absolute atomic E-state index is 0.107. The fraction of sp³-hybridized carbons (Fsp3) is 0.316. The molecule has 2 atom stereocenters. The van der Waals surface area contributed by atoms with E-state index in [2.05, 4.69) is 47.8 Å². The molecule has 0 radical (unpaired) electrons. The Morgan fingerprint density at radius 1 is 0.893 bits per heavy atom. The summed E-state index contributed by atoms with van der Waals surface area (Å²) in [5.74, 6) is 2.28. The number of hydrogen-bond acceptors (Lipinski definition) is 6. The average molecular weight is 581 g/mol. The molecule has 0 aliphatic carbocycles. The molecule has 0 saturated carbocycles. The van der Waals surface area contributed by atoms with Crippen LogP contribution in [0.4, 0.5) is 0 Å². The molecule has 9 heteroatoms. The van der Waals surface area contributed by atoms with E-state index in [1.165, 1.54) is 21.3 Å². The second kappa shape index (κ2) is 8.51. The first-order valence-electron chi connectivity index (χ1n) is 8.08. The highest BCUT2D eigenvalue weighted by Gasteiger charge is 2.39. The van der Waals surface area contributed by atoms with Gasteiger partial charge in [-0.1, -0.05) is 15.9 Å². The van der Waals surface area contributed by atoms with Crippen LogP contribution in [0.15, 0.2) is 27.1 Å². The maximum absolute atomic E-state index is 13.0. The molecule has 28 heavy (non-hydrogen) atoms. The molecular weight excluding hydrogens is 564 g/mol. The van der Waals surface area contributed by atoms with Crippen LogP contribution in [0.3, 0.4) is 0 Å². The number of halogens is 3. The zero-order chi connectivity index (χ0) is 20.6. The first kappa shape index (κ1) is 21.3. The summed E-state index contributed by atoms with van der Waals surface area (Å²) in [6.45, 7) is 0. The van der Waals surface area contributed by atoms with Crippen molar-refractivity contribution in [1.29, 1.82) is 0 Å². The van der Waals surface area contributed by atoms with Crippen LogP contribution in [0, 0.1) is 0 Å². The molecule has 150 valence electrons. The lowest BCUT2D eigenvalue weighted by Crippen LogP contribution is -2.32. The maximum atomic E-state index is 13.0. The van der Waals surface area contributed by atoms with Crippen LogP contribution in [0.25, 0.3) is 0 Å². The normalized spacial score (nSPS) is 18.2. The summed E-state index contributed by atoms with van der Waals surface area (Å²) in [5, 5.41) is 0. The zero-order valence-corrected chi connectivity index (χ0v) is 20.2. The number of benzene rings is 2. The molecule has 0 amide bonds. The Kier molecular flexibility index (Phi) is 6.46. The van der Waals surface area contributed by atoms with E-state index >= 15 is 0 Å². The van der Waals surface area contributed by atoms with E-state index in [0.29, 0.717) is 48.8 Å². The maximum Gasteiger partial charge on any atom is 0.203 e. The number of carbonyl (C=O) groups excluding carboxylic acids is 1. The number of Topliss-reactive ketones (excluding diaryl/α,β-unsaturated/α-hetero) is 1. The van der Waals surface area contributed by atoms with Crippen LogP contribution in [0.1, 0.15) is 22.0 Å². The Balaban J connectivity index is 2.14. The first-order chi connectivity index (χ1) is 13.4. The van der Waals surface area contributed by atoms with Gasteiger partial charge in [0.15, 0.2) is 23.0 Å². The molecule has 0 spiro atoms. The number of alkyl halides is 1. The summed E-state index contributed by atoms with van der Waals surface area (Å²) in [6.07, 6.45) is -0.615. The van der Waals surface area contributed by atoms with Gasteiger partial charge in [-0.2, -0.15) is 0 Å². The minimum atomic E-state index is -0.615. The number of ether oxygens (including phenoxy) is 5. The van der Waals surface area contributed by atoms with Gasteiger partial charge in [0.1, 0.15) is 21.2 Å². The number of ketones is 1. The highest BCUT2D eigenvalue weighted by atomic mass is 79.9. The molecule has 3 rings (SSSR count). The summed E-state index contributed by atoms with van der Waals surface area (Å²) >= 11 is 10.4. The van der Waals surface area contributed by atoms with E-state index in [1.807, 2.05) is 0 Å². The van der Waals surface area contributed by atoms with Gasteiger partial charge in [-0.25, -0.2) is 0 Å². The smallest absolute Gasteiger partial charge is 0.203 e. The molecule has 0 bridgehead atoms. The van der Waals surface area contributed by atoms with Gasteiger partial charge in [-0.3, -0.25) is 4.79 Å². The summed E-state index contributed by atoms with van der Waals surface area (Å²) in [7, 11) is 6.15. The van der Waals surface area contributed by atoms with Crippen molar-refractivity contribution < 1.29 is 28.5 Å². The van der Waals surface area contributed by atoms with Gasteiger partial charge < -0.3 is 23.7 Å². The molecule has 2 unspecified atom stereocenters. The molecule has 0 fully saturated rings. The van der Waals surface area contributed by atoms with Crippen LogP contribution >= 0.6 is 47.8 Å². The zero-order valence-electron chi connectivity index (χ0n) is 15.5. The monoisotopic (exact) mass is 578 g/mol. The topological polar surface area (TPSA) is 63.2 Å². The van der Waals surface area contributed by atoms with E-state index < -0.39 is 10.9 Å². The molecule has 0 saturated heterocycles. The van der Waals surface area contributed by atoms with Crippen LogP contribution in [0.5, 0.6) is 28.7 Å². The van der Waals surface area contributed by atoms with Gasteiger partial charge in [-0.05, 0) is 50.1 Å². The molecule has 6 nitrogen and oxygen atoms in total. The molecule has 0 N–H and O–H groups in total. The second-order valence-corrected chi connectivity index (χ2v) is 8.48. The van der Waals surface area contributed by atoms with Crippen molar-refractivity contribution in [3.63, 3.8) is 0 Å². The molecule has 2 aromatic carbocycles. The third-order valence-corrected chi connectivity index (χ3v) is 6.58. The third kappa shape index (κ3) is 3.48. The van der Waals surface area contributed by atoms with Crippen molar-refractivity contribution >= 4 is 53.6 Å². The highest BCUT2D eigenvalue weighted by molar-refractivity contribution is 9.11. The Morgan fingerprint density at radius 2 is 1.46 bits per heavy atom. The number of rotatable bonds is 5. The van der Waals surface area contributed by atoms with Gasteiger partial charge in [0, 0.05) is 5.56 Å². The number of carbonyl (C=O) groups is 1. The predicted molar refractivity (Wildman–Crippen MR) is 115 cm³/mol. The van der Waals surface area contributed by atoms with Gasteiger partial charge >= 0.3 is 0 Å². The van der Waals surface area contributed by atoms with Crippen LogP contribution < -0.4 is 23.7 Å². The number of hydrogen-bond donors (Lipinski definition) is 0. The van der Waals surface area contributed by atoms with Gasteiger partial charge in [0.25, 0.3) is 0 Å². The van der Waals surface area contributed by atoms with E-state index in [4.69, 9.17) is 23.7 Å². The number of fused-ring (bicyclic) bond motifs is 1. The van der Waals surface area contributed by atoms with E-state index in [9.17, 15) is 4.79 Å². The van der Waals surface area contributed by atoms with Crippen molar-refractivity contribution in [2.45, 2.75) is 10.9 Å². The molecule has 1 aliphatic heterocycles. The molecular formula is C19H17Br3O6. The van der Waals surface area contributed by atoms with Crippen molar-refractivity contribution in [3.05, 3.63) is 38.3 Å². The summed E-state index contributed by atoms with van der Waals surface area (Å²) in [4.78, 5) is 12.4. The van der Waals surface area contributed by atoms with Crippen LogP contribution in [-0.4, -0.2) is 39.0 Å². The van der Waals surface area contributed by atoms with Gasteiger partial charge in [0.2, 0.25) is 5.75 Å². The third-order valence-electron chi connectivity index (χ3n) is 4.38. The SMILES string of the molecule is COc1cc(C2Oc3c(cc(Br)c(OC)c3Br)C(=O)C2Br)cc(OC)c1OC. The van der Waals surface area contributed by atoms with Crippen LogP contribution in [0.2, 0.25) is 0 Å². The van der Waals surface area contributed by atoms with Gasteiger partial charge in [0.05, 0.1) is 38.5 Å². The van der Waals surface area contributed by atoms with Crippen LogP contribution in [-0.2, 0) is 0 Å². The Labute approximate surface area is 187 Å². The minimum Gasteiger partial charge on any atom is -0.494 e. The van der Waals surface area contributed by atoms with Crippen molar-refractivity contribution in [3.8, 4) is 28.7 Å². The predicted octanol–water partition coefficient (Wildman–Crippen LogP) is 5.33. The lowest BCUT2D eigenvalue weighted by atomic mass is 9.95. The summed E-state index contributed by atoms with van der Waals surface area (Å²) in [5.41, 5.74) is 1.15. The first-order valence-corrected chi connectivity index (χ1v) is 10.6. The number of methoxy groups -OCH3 is 4. The van der Waals surface area contributed by atoms with E-state index in [1.54, 1.807) is 25.3 Å². The Hall–Kier alpha value is -1.45. The van der Waals surface area contributed by atoms with Crippen molar-refractivity contribution in [2.24, 2.45) is 0 Å². The molecule has 2 aromatic rings. The molecule has 0 aromatic heterocycles. The van der Waals surface area contributed by atoms with E-state index in [0.717, 1.165) is 0 Å². The summed E-state index contributed by atoms with van der Waals surface area (Å²) < 4.78 is 29.1. The van der Waals surface area contributed by atoms with E-state index in [-0.39, 0.29) is 5.78 Å². The Morgan fingerprint density at radius 3 is 1.96 bits per heavy atom. The fourth-order valence-electron chi connectivity index (χ4n) is 3.04. The summed E-state index contributed by atoms with van der Waals surface area (Å²) in [6, 6.07) is 5.23. The highest BCUT2D eigenvalue weighted by Crippen LogP contribution is 2.50. The lowest BCUT2D eigenvalue weighted by molar-refractivity contribution is 0.0869. The quantitative estimate of drug-likeness (QED) is 0.446. The average Bonchev–Trinajstić information content (AvgIpc) is 2.70. The molecule has 1 heterocycles.